The van der Waals surface area contributed by atoms with Crippen LogP contribution in [0.25, 0.3) is 0 Å². The van der Waals surface area contributed by atoms with Gasteiger partial charge in [0.25, 0.3) is 5.91 Å². The van der Waals surface area contributed by atoms with E-state index in [9.17, 15) is 29.4 Å². The van der Waals surface area contributed by atoms with Gasteiger partial charge in [0, 0.05) is 68.3 Å². The number of benzene rings is 3. The number of carbonyl (C=O) groups excluding carboxylic acids is 4. The minimum Gasteiger partial charge on any atom is -0.395 e. The lowest BCUT2D eigenvalue weighted by molar-refractivity contribution is -0.139. The van der Waals surface area contributed by atoms with E-state index in [4.69, 9.17) is 0 Å². The van der Waals surface area contributed by atoms with Crippen LogP contribution in [0.15, 0.2) is 84.9 Å². The van der Waals surface area contributed by atoms with Crippen molar-refractivity contribution in [1.29, 1.82) is 0 Å². The molecule has 10 nitrogen and oxygen atoms in total. The second kappa shape index (κ2) is 15.4. The Kier molecular flexibility index (Phi) is 10.8. The SMILES string of the molecule is C[C@@H](/C=C/CC(=O)N(CCO)Cc1ccccc1)[C@]1(O)C(=O)N(Cc2ccc(N3CCCCC3=O)cc2)c2ccc(N3CCCCC3=O)cc21. The normalized spacial score (nSPS) is 20.1. The van der Waals surface area contributed by atoms with Gasteiger partial charge >= 0.3 is 0 Å². The van der Waals surface area contributed by atoms with Crippen LogP contribution in [0.3, 0.4) is 0 Å². The van der Waals surface area contributed by atoms with Crippen molar-refractivity contribution in [2.24, 2.45) is 5.92 Å². The Morgan fingerprint density at radius 2 is 1.50 bits per heavy atom. The molecule has 50 heavy (non-hydrogen) atoms. The number of rotatable bonds is 12. The van der Waals surface area contributed by atoms with Gasteiger partial charge in [0.1, 0.15) is 0 Å². The van der Waals surface area contributed by atoms with E-state index in [0.29, 0.717) is 49.4 Å². The van der Waals surface area contributed by atoms with Crippen LogP contribution >= 0.6 is 0 Å². The summed E-state index contributed by atoms with van der Waals surface area (Å²) in [4.78, 5) is 59.5. The molecule has 0 unspecified atom stereocenters. The van der Waals surface area contributed by atoms with Gasteiger partial charge in [-0.2, -0.15) is 0 Å². The van der Waals surface area contributed by atoms with Crippen molar-refractivity contribution in [1.82, 2.24) is 4.90 Å². The molecule has 0 radical (unpaired) electrons. The van der Waals surface area contributed by atoms with Crippen LogP contribution in [0.5, 0.6) is 0 Å². The fourth-order valence-electron chi connectivity index (χ4n) is 7.24. The zero-order chi connectivity index (χ0) is 35.3. The molecule has 3 heterocycles. The van der Waals surface area contributed by atoms with E-state index in [1.165, 1.54) is 0 Å². The highest BCUT2D eigenvalue weighted by atomic mass is 16.3. The topological polar surface area (TPSA) is 122 Å². The molecule has 3 aromatic carbocycles. The van der Waals surface area contributed by atoms with Crippen molar-refractivity contribution in [3.8, 4) is 0 Å². The monoisotopic (exact) mass is 678 g/mol. The molecule has 2 N–H and O–H groups in total. The Bertz CT molecular complexity index is 1740. The van der Waals surface area contributed by atoms with Crippen LogP contribution in [-0.4, -0.2) is 65.0 Å². The quantitative estimate of drug-likeness (QED) is 0.259. The average Bonchev–Trinajstić information content (AvgIpc) is 3.34. The van der Waals surface area contributed by atoms with Gasteiger partial charge in [-0.25, -0.2) is 0 Å². The minimum atomic E-state index is -1.95. The molecule has 3 aliphatic rings. The van der Waals surface area contributed by atoms with Crippen molar-refractivity contribution >= 4 is 40.7 Å². The van der Waals surface area contributed by atoms with Crippen molar-refractivity contribution in [2.75, 3.05) is 40.9 Å². The third-order valence-corrected chi connectivity index (χ3v) is 10.1. The van der Waals surface area contributed by atoms with E-state index >= 15 is 0 Å². The van der Waals surface area contributed by atoms with Crippen molar-refractivity contribution < 1.29 is 29.4 Å². The fraction of sp³-hybridized carbons (Fsp3) is 0.400. The Labute approximate surface area is 293 Å². The molecule has 3 aromatic rings. The molecule has 2 fully saturated rings. The number of carbonyl (C=O) groups is 4. The molecular weight excluding hydrogens is 632 g/mol. The lowest BCUT2D eigenvalue weighted by Gasteiger charge is -2.30. The van der Waals surface area contributed by atoms with Crippen LogP contribution in [0.1, 0.15) is 68.6 Å². The summed E-state index contributed by atoms with van der Waals surface area (Å²) in [6.07, 6.45) is 7.99. The third-order valence-electron chi connectivity index (χ3n) is 10.1. The third kappa shape index (κ3) is 7.22. The summed E-state index contributed by atoms with van der Waals surface area (Å²) in [6.45, 7) is 3.61. The predicted octanol–water partition coefficient (Wildman–Crippen LogP) is 5.06. The van der Waals surface area contributed by atoms with Gasteiger partial charge in [0.05, 0.1) is 18.8 Å². The van der Waals surface area contributed by atoms with Gasteiger partial charge in [-0.1, -0.05) is 61.5 Å². The average molecular weight is 679 g/mol. The Morgan fingerprint density at radius 1 is 0.860 bits per heavy atom. The minimum absolute atomic E-state index is 0.0163. The molecule has 2 saturated heterocycles. The number of aliphatic hydroxyl groups is 2. The maximum atomic E-state index is 14.3. The first-order valence-electron chi connectivity index (χ1n) is 17.7. The molecule has 2 atom stereocenters. The summed E-state index contributed by atoms with van der Waals surface area (Å²) in [5.41, 5.74) is 2.30. The van der Waals surface area contributed by atoms with Crippen LogP contribution in [0.2, 0.25) is 0 Å². The van der Waals surface area contributed by atoms with Crippen molar-refractivity contribution in [3.63, 3.8) is 0 Å². The van der Waals surface area contributed by atoms with E-state index in [0.717, 1.165) is 42.5 Å². The molecule has 4 amide bonds. The standard InChI is InChI=1S/C40H46N4O6/c1-29(10-9-15-36(46)41(24-25-45)27-30-11-3-2-4-12-30)40(50)34-26-33(43-23-8-6-14-38(43)48)20-21-35(34)44(39(40)49)28-31-16-18-32(19-17-31)42-22-7-5-13-37(42)47/h2-4,9-12,16-21,26,29,45,50H,5-8,13-15,22-25,27-28H2,1H3/b10-9+/t29-,40+/m0/s1. The highest BCUT2D eigenvalue weighted by Gasteiger charge is 2.52. The van der Waals surface area contributed by atoms with Gasteiger partial charge in [0.2, 0.25) is 17.7 Å². The summed E-state index contributed by atoms with van der Waals surface area (Å²) < 4.78 is 0. The summed E-state index contributed by atoms with van der Waals surface area (Å²) in [6, 6.07) is 22.6. The molecule has 6 rings (SSSR count). The lowest BCUT2D eigenvalue weighted by atomic mass is 9.82. The van der Waals surface area contributed by atoms with E-state index < -0.39 is 17.4 Å². The summed E-state index contributed by atoms with van der Waals surface area (Å²) >= 11 is 0. The van der Waals surface area contributed by atoms with Gasteiger partial charge in [-0.3, -0.25) is 19.2 Å². The molecule has 0 saturated carbocycles. The molecular formula is C40H46N4O6. The van der Waals surface area contributed by atoms with Gasteiger partial charge in [0.15, 0.2) is 5.60 Å². The molecule has 0 aromatic heterocycles. The highest BCUT2D eigenvalue weighted by Crippen LogP contribution is 2.47. The number of fused-ring (bicyclic) bond motifs is 1. The maximum absolute atomic E-state index is 14.3. The summed E-state index contributed by atoms with van der Waals surface area (Å²) in [5, 5.41) is 22.0. The highest BCUT2D eigenvalue weighted by molar-refractivity contribution is 6.08. The van der Waals surface area contributed by atoms with Gasteiger partial charge in [-0.05, 0) is 67.1 Å². The predicted molar refractivity (Wildman–Crippen MR) is 192 cm³/mol. The summed E-state index contributed by atoms with van der Waals surface area (Å²) in [5.74, 6) is -1.26. The number of aliphatic hydroxyl groups excluding tert-OH is 1. The number of hydrogen-bond acceptors (Lipinski definition) is 6. The first kappa shape index (κ1) is 35.0. The number of amides is 4. The van der Waals surface area contributed by atoms with Crippen molar-refractivity contribution in [3.05, 3.63) is 102 Å². The number of anilines is 3. The molecule has 0 spiro atoms. The maximum Gasteiger partial charge on any atom is 0.264 e. The van der Waals surface area contributed by atoms with Crippen LogP contribution < -0.4 is 14.7 Å². The Balaban J connectivity index is 1.25. The van der Waals surface area contributed by atoms with Crippen LogP contribution in [0, 0.1) is 5.92 Å². The van der Waals surface area contributed by atoms with Crippen molar-refractivity contribution in [2.45, 2.75) is 70.6 Å². The van der Waals surface area contributed by atoms with E-state index in [1.807, 2.05) is 60.7 Å². The first-order valence-corrected chi connectivity index (χ1v) is 17.7. The zero-order valence-electron chi connectivity index (χ0n) is 28.7. The Morgan fingerprint density at radius 3 is 2.14 bits per heavy atom. The van der Waals surface area contributed by atoms with Crippen LogP contribution in [0.4, 0.5) is 17.1 Å². The molecule has 0 aliphatic carbocycles. The number of piperidine rings is 2. The lowest BCUT2D eigenvalue weighted by Crippen LogP contribution is -2.44. The van der Waals surface area contributed by atoms with E-state index in [1.54, 1.807) is 50.8 Å². The van der Waals surface area contributed by atoms with Gasteiger partial charge < -0.3 is 29.8 Å². The summed E-state index contributed by atoms with van der Waals surface area (Å²) in [7, 11) is 0. The smallest absolute Gasteiger partial charge is 0.264 e. The molecule has 262 valence electrons. The van der Waals surface area contributed by atoms with E-state index in [-0.39, 0.29) is 43.8 Å². The fourth-order valence-corrected chi connectivity index (χ4v) is 7.24. The zero-order valence-corrected chi connectivity index (χ0v) is 28.7. The first-order chi connectivity index (χ1) is 24.2. The van der Waals surface area contributed by atoms with Crippen LogP contribution in [-0.2, 0) is 37.9 Å². The second-order valence-corrected chi connectivity index (χ2v) is 13.5. The van der Waals surface area contributed by atoms with E-state index in [2.05, 4.69) is 0 Å². The second-order valence-electron chi connectivity index (χ2n) is 13.5. The molecule has 3 aliphatic heterocycles. The van der Waals surface area contributed by atoms with Gasteiger partial charge in [-0.15, -0.1) is 0 Å². The number of hydrogen-bond donors (Lipinski definition) is 2. The Hall–Kier alpha value is -4.80. The largest absolute Gasteiger partial charge is 0.395 e. The number of nitrogens with zero attached hydrogens (tertiary/aromatic N) is 4. The molecule has 0 bridgehead atoms. The molecule has 10 heteroatoms.